The molecule has 0 atom stereocenters. The van der Waals surface area contributed by atoms with Crippen LogP contribution in [0.1, 0.15) is 47.2 Å². The summed E-state index contributed by atoms with van der Waals surface area (Å²) in [5.41, 5.74) is 24.1. The monoisotopic (exact) mass is 918 g/mol. The highest BCUT2D eigenvalue weighted by Gasteiger charge is 2.46. The Morgan fingerprint density at radius 3 is 1.38 bits per heavy atom. The van der Waals surface area contributed by atoms with Crippen LogP contribution in [0.2, 0.25) is 0 Å². The van der Waals surface area contributed by atoms with Crippen LogP contribution in [0.4, 0.5) is 17.1 Å². The summed E-state index contributed by atoms with van der Waals surface area (Å²) in [6.45, 7) is 4.72. The van der Waals surface area contributed by atoms with Gasteiger partial charge in [0, 0.05) is 38.9 Å². The van der Waals surface area contributed by atoms with E-state index in [2.05, 4.69) is 290 Å². The average Bonchev–Trinajstić information content (AvgIpc) is 4.03. The highest BCUT2D eigenvalue weighted by molar-refractivity contribution is 6.11. The van der Waals surface area contributed by atoms with Gasteiger partial charge in [-0.05, 0) is 151 Å². The highest BCUT2D eigenvalue weighted by Crippen LogP contribution is 2.57. The Hall–Kier alpha value is -8.98. The molecule has 2 aliphatic rings. The number of fused-ring (bicyclic) bond motifs is 9. The predicted molar refractivity (Wildman–Crippen MR) is 301 cm³/mol. The SMILES string of the molecule is CC1(C)c2ccccc2-c2ccc(N(c3ccc(-c4ccccc4)cc3)c3ccc(-c4ccc5c(c4)c4cc(C6(c7ccccc7)c7ccccc7-c7ccccc76)ccc4n5-c4ccccc4)cc3)cc21. The molecule has 0 saturated heterocycles. The number of aromatic nitrogens is 1. The molecule has 12 aromatic rings. The second kappa shape index (κ2) is 16.3. The standard InChI is InChI=1S/C70H50N2/c1-69(2)63-27-15-12-24-57(63)60-41-40-56(46-66(60)69)71(54-36-30-48(31-37-54)47-18-6-3-7-19-47)55-38-32-49(33-39-55)50-34-42-67-61(44-50)62-45-52(35-43-68(62)72(67)53-22-10-5-11-23-53)70(51-20-8-4-9-21-51)64-28-16-13-25-58(64)59-26-14-17-29-65(59)70/h3-46H,1-2H3. The van der Waals surface area contributed by atoms with Gasteiger partial charge in [0.05, 0.1) is 16.4 Å². The van der Waals surface area contributed by atoms with E-state index < -0.39 is 5.41 Å². The molecular formula is C70H50N2. The van der Waals surface area contributed by atoms with Crippen LogP contribution in [0.3, 0.4) is 0 Å². The van der Waals surface area contributed by atoms with Crippen LogP contribution in [-0.2, 0) is 10.8 Å². The largest absolute Gasteiger partial charge is 0.310 e. The Labute approximate surface area is 421 Å². The van der Waals surface area contributed by atoms with Gasteiger partial charge in [0.25, 0.3) is 0 Å². The number of nitrogens with zero attached hydrogens (tertiary/aromatic N) is 2. The molecule has 2 nitrogen and oxygen atoms in total. The summed E-state index contributed by atoms with van der Waals surface area (Å²) >= 11 is 0. The maximum atomic E-state index is 2.49. The quantitative estimate of drug-likeness (QED) is 0.147. The number of benzene rings is 11. The van der Waals surface area contributed by atoms with E-state index in [4.69, 9.17) is 0 Å². The van der Waals surface area contributed by atoms with Gasteiger partial charge in [-0.2, -0.15) is 0 Å². The molecule has 0 amide bonds. The molecular weight excluding hydrogens is 869 g/mol. The zero-order chi connectivity index (χ0) is 48.0. The van der Waals surface area contributed by atoms with E-state index in [-0.39, 0.29) is 5.41 Å². The third kappa shape index (κ3) is 6.28. The molecule has 72 heavy (non-hydrogen) atoms. The van der Waals surface area contributed by atoms with E-state index in [1.165, 1.54) is 99.7 Å². The maximum absolute atomic E-state index is 2.49. The molecule has 0 bridgehead atoms. The molecule has 0 fully saturated rings. The summed E-state index contributed by atoms with van der Waals surface area (Å²) in [6, 6.07) is 99.0. The lowest BCUT2D eigenvalue weighted by atomic mass is 9.67. The molecule has 1 heterocycles. The van der Waals surface area contributed by atoms with Gasteiger partial charge in [-0.3, -0.25) is 0 Å². The summed E-state index contributed by atoms with van der Waals surface area (Å²) in [7, 11) is 0. The molecule has 0 saturated carbocycles. The molecule has 11 aromatic carbocycles. The van der Waals surface area contributed by atoms with Crippen molar-refractivity contribution < 1.29 is 0 Å². The third-order valence-electron chi connectivity index (χ3n) is 15.9. The van der Waals surface area contributed by atoms with Gasteiger partial charge in [-0.25, -0.2) is 0 Å². The minimum atomic E-state index is -0.496. The first-order chi connectivity index (χ1) is 35.5. The summed E-state index contributed by atoms with van der Waals surface area (Å²) in [5.74, 6) is 0. The molecule has 14 rings (SSSR count). The fourth-order valence-corrected chi connectivity index (χ4v) is 12.5. The molecule has 0 N–H and O–H groups in total. The van der Waals surface area contributed by atoms with Crippen molar-refractivity contribution in [1.29, 1.82) is 0 Å². The third-order valence-corrected chi connectivity index (χ3v) is 15.9. The number of anilines is 3. The summed E-state index contributed by atoms with van der Waals surface area (Å²) in [4.78, 5) is 2.41. The van der Waals surface area contributed by atoms with Crippen LogP contribution in [0, 0.1) is 0 Å². The minimum Gasteiger partial charge on any atom is -0.310 e. The van der Waals surface area contributed by atoms with Crippen molar-refractivity contribution in [3.63, 3.8) is 0 Å². The van der Waals surface area contributed by atoms with Gasteiger partial charge in [-0.15, -0.1) is 0 Å². The van der Waals surface area contributed by atoms with Crippen LogP contribution < -0.4 is 4.90 Å². The lowest BCUT2D eigenvalue weighted by Crippen LogP contribution is -2.28. The average molecular weight is 919 g/mol. The lowest BCUT2D eigenvalue weighted by molar-refractivity contribution is 0.660. The van der Waals surface area contributed by atoms with Gasteiger partial charge < -0.3 is 9.47 Å². The van der Waals surface area contributed by atoms with E-state index in [9.17, 15) is 0 Å². The number of para-hydroxylation sites is 1. The normalized spacial score (nSPS) is 13.6. The van der Waals surface area contributed by atoms with Gasteiger partial charge in [0.1, 0.15) is 0 Å². The summed E-state index contributed by atoms with van der Waals surface area (Å²) in [6.07, 6.45) is 0. The van der Waals surface area contributed by atoms with Crippen molar-refractivity contribution in [2.45, 2.75) is 24.7 Å². The number of rotatable bonds is 8. The molecule has 2 heteroatoms. The number of hydrogen-bond donors (Lipinski definition) is 0. The predicted octanol–water partition coefficient (Wildman–Crippen LogP) is 18.3. The van der Waals surface area contributed by atoms with Crippen molar-refractivity contribution in [2.24, 2.45) is 0 Å². The van der Waals surface area contributed by atoms with Crippen LogP contribution in [-0.4, -0.2) is 4.57 Å². The van der Waals surface area contributed by atoms with E-state index in [0.29, 0.717) is 0 Å². The fourth-order valence-electron chi connectivity index (χ4n) is 12.5. The molecule has 0 radical (unpaired) electrons. The Morgan fingerprint density at radius 1 is 0.306 bits per heavy atom. The first-order valence-electron chi connectivity index (χ1n) is 25.2. The highest BCUT2D eigenvalue weighted by atomic mass is 15.1. The maximum Gasteiger partial charge on any atom is 0.0713 e. The van der Waals surface area contributed by atoms with Crippen molar-refractivity contribution in [2.75, 3.05) is 4.90 Å². The summed E-state index contributed by atoms with van der Waals surface area (Å²) < 4.78 is 2.43. The fraction of sp³-hybridized carbons (Fsp3) is 0.0571. The van der Waals surface area contributed by atoms with E-state index in [1.54, 1.807) is 0 Å². The van der Waals surface area contributed by atoms with Crippen LogP contribution in [0.5, 0.6) is 0 Å². The van der Waals surface area contributed by atoms with Gasteiger partial charge in [0.15, 0.2) is 0 Å². The zero-order valence-electron chi connectivity index (χ0n) is 40.3. The van der Waals surface area contributed by atoms with Crippen molar-refractivity contribution in [3.8, 4) is 50.2 Å². The van der Waals surface area contributed by atoms with Crippen molar-refractivity contribution in [1.82, 2.24) is 4.57 Å². The molecule has 0 unspecified atom stereocenters. The molecule has 1 aromatic heterocycles. The lowest BCUT2D eigenvalue weighted by Gasteiger charge is -2.34. The molecule has 340 valence electrons. The second-order valence-electron chi connectivity index (χ2n) is 20.0. The Morgan fingerprint density at radius 2 is 0.750 bits per heavy atom. The number of hydrogen-bond acceptors (Lipinski definition) is 1. The second-order valence-corrected chi connectivity index (χ2v) is 20.0. The van der Waals surface area contributed by atoms with E-state index >= 15 is 0 Å². The Kier molecular flexibility index (Phi) is 9.50. The van der Waals surface area contributed by atoms with Gasteiger partial charge in [-0.1, -0.05) is 208 Å². The minimum absolute atomic E-state index is 0.119. The van der Waals surface area contributed by atoms with Crippen molar-refractivity contribution in [3.05, 3.63) is 300 Å². The van der Waals surface area contributed by atoms with Crippen molar-refractivity contribution >= 4 is 38.9 Å². The van der Waals surface area contributed by atoms with Gasteiger partial charge >= 0.3 is 0 Å². The van der Waals surface area contributed by atoms with Crippen LogP contribution in [0.15, 0.2) is 267 Å². The summed E-state index contributed by atoms with van der Waals surface area (Å²) in [5, 5.41) is 2.45. The molecule has 2 aliphatic carbocycles. The smallest absolute Gasteiger partial charge is 0.0713 e. The van der Waals surface area contributed by atoms with E-state index in [0.717, 1.165) is 22.7 Å². The zero-order valence-corrected chi connectivity index (χ0v) is 40.3. The molecule has 0 aliphatic heterocycles. The first kappa shape index (κ1) is 41.9. The van der Waals surface area contributed by atoms with Gasteiger partial charge in [0.2, 0.25) is 0 Å². The first-order valence-corrected chi connectivity index (χ1v) is 25.2. The topological polar surface area (TPSA) is 8.17 Å². The Bertz CT molecular complexity index is 3990. The molecule has 0 spiro atoms. The van der Waals surface area contributed by atoms with E-state index in [1.807, 2.05) is 0 Å². The van der Waals surface area contributed by atoms with Crippen LogP contribution >= 0.6 is 0 Å². The Balaban J connectivity index is 0.918. The van der Waals surface area contributed by atoms with Crippen LogP contribution in [0.25, 0.3) is 72.0 Å².